The molecule has 0 aromatic carbocycles. The molecule has 0 atom stereocenters. The lowest BCUT2D eigenvalue weighted by molar-refractivity contribution is -0.149. The molecule has 1 heterocycles. The van der Waals surface area contributed by atoms with Gasteiger partial charge in [0.05, 0.1) is 10.9 Å². The summed E-state index contributed by atoms with van der Waals surface area (Å²) in [6.07, 6.45) is 0. The summed E-state index contributed by atoms with van der Waals surface area (Å²) in [4.78, 5) is 12.7. The summed E-state index contributed by atoms with van der Waals surface area (Å²) in [5.74, 6) is -0.238. The third-order valence-electron chi connectivity index (χ3n) is 2.12. The molecule has 0 spiro atoms. The average Bonchev–Trinajstić information content (AvgIpc) is 2.62. The first kappa shape index (κ1) is 13.5. The second-order valence-electron chi connectivity index (χ2n) is 3.90. The zero-order valence-electron chi connectivity index (χ0n) is 9.67. The zero-order chi connectivity index (χ0) is 12.2. The maximum absolute atomic E-state index is 11.6. The van der Waals surface area contributed by atoms with Crippen LogP contribution in [0.2, 0.25) is 4.34 Å². The summed E-state index contributed by atoms with van der Waals surface area (Å²) in [5.41, 5.74) is -0.674. The van der Waals surface area contributed by atoms with Gasteiger partial charge in [0, 0.05) is 11.4 Å². The van der Waals surface area contributed by atoms with E-state index < -0.39 is 5.54 Å². The van der Waals surface area contributed by atoms with E-state index in [0.717, 1.165) is 9.21 Å². The largest absolute Gasteiger partial charge is 0.465 e. The van der Waals surface area contributed by atoms with E-state index in [9.17, 15) is 4.79 Å². The molecule has 0 amide bonds. The summed E-state index contributed by atoms with van der Waals surface area (Å²) in [7, 11) is 0. The Hall–Kier alpha value is -0.580. The van der Waals surface area contributed by atoms with Gasteiger partial charge in [0.1, 0.15) is 5.54 Å². The minimum absolute atomic E-state index is 0.238. The highest BCUT2D eigenvalue weighted by molar-refractivity contribution is 7.16. The second-order valence-corrected chi connectivity index (χ2v) is 5.70. The van der Waals surface area contributed by atoms with E-state index in [1.807, 2.05) is 12.1 Å². The van der Waals surface area contributed by atoms with E-state index in [1.165, 1.54) is 11.3 Å². The van der Waals surface area contributed by atoms with Crippen LogP contribution in [0.15, 0.2) is 12.1 Å². The highest BCUT2D eigenvalue weighted by Crippen LogP contribution is 2.21. The predicted octanol–water partition coefficient (Wildman–Crippen LogP) is 2.83. The molecule has 1 rings (SSSR count). The number of esters is 1. The molecule has 0 fully saturated rings. The number of carbonyl (C=O) groups is 1. The predicted molar refractivity (Wildman–Crippen MR) is 66.9 cm³/mol. The summed E-state index contributed by atoms with van der Waals surface area (Å²) >= 11 is 7.33. The maximum atomic E-state index is 11.6. The number of nitrogens with one attached hydrogen (secondary N) is 1. The molecule has 0 saturated heterocycles. The number of carbonyl (C=O) groups excluding carboxylic acids is 1. The van der Waals surface area contributed by atoms with Crippen molar-refractivity contribution in [2.24, 2.45) is 0 Å². The van der Waals surface area contributed by atoms with Gasteiger partial charge >= 0.3 is 5.97 Å². The van der Waals surface area contributed by atoms with Crippen molar-refractivity contribution in [2.75, 3.05) is 6.61 Å². The van der Waals surface area contributed by atoms with Crippen molar-refractivity contribution in [1.82, 2.24) is 5.32 Å². The Kier molecular flexibility index (Phi) is 4.77. The molecule has 0 aliphatic heterocycles. The highest BCUT2D eigenvalue weighted by atomic mass is 35.5. The molecule has 0 aliphatic carbocycles. The Bertz CT molecular complexity index is 363. The Morgan fingerprint density at radius 2 is 2.25 bits per heavy atom. The lowest BCUT2D eigenvalue weighted by atomic mass is 10.1. The molecule has 0 bridgehead atoms. The smallest absolute Gasteiger partial charge is 0.325 e. The maximum Gasteiger partial charge on any atom is 0.325 e. The fourth-order valence-corrected chi connectivity index (χ4v) is 2.17. The van der Waals surface area contributed by atoms with Gasteiger partial charge in [0.25, 0.3) is 0 Å². The van der Waals surface area contributed by atoms with Crippen LogP contribution < -0.4 is 5.32 Å². The van der Waals surface area contributed by atoms with Crippen molar-refractivity contribution < 1.29 is 9.53 Å². The lowest BCUT2D eigenvalue weighted by Crippen LogP contribution is -2.47. The summed E-state index contributed by atoms with van der Waals surface area (Å²) in [5, 5.41) is 3.15. The van der Waals surface area contributed by atoms with Crippen LogP contribution in [0.5, 0.6) is 0 Å². The number of hydrogen-bond acceptors (Lipinski definition) is 4. The molecule has 0 radical (unpaired) electrons. The van der Waals surface area contributed by atoms with Crippen LogP contribution in [0, 0.1) is 0 Å². The van der Waals surface area contributed by atoms with Gasteiger partial charge < -0.3 is 4.74 Å². The van der Waals surface area contributed by atoms with E-state index in [-0.39, 0.29) is 5.97 Å². The molecule has 5 heteroatoms. The van der Waals surface area contributed by atoms with Crippen molar-refractivity contribution in [3.8, 4) is 0 Å². The minimum atomic E-state index is -0.674. The van der Waals surface area contributed by atoms with Gasteiger partial charge in [0.2, 0.25) is 0 Å². The molecular weight excluding hydrogens is 246 g/mol. The first-order chi connectivity index (χ1) is 7.45. The van der Waals surface area contributed by atoms with Gasteiger partial charge in [-0.2, -0.15) is 0 Å². The Morgan fingerprint density at radius 1 is 1.56 bits per heavy atom. The average molecular weight is 262 g/mol. The number of rotatable bonds is 5. The summed E-state index contributed by atoms with van der Waals surface area (Å²) in [6.45, 7) is 6.42. The monoisotopic (exact) mass is 261 g/mol. The normalized spacial score (nSPS) is 11.5. The molecule has 0 saturated carbocycles. The van der Waals surface area contributed by atoms with Gasteiger partial charge in [-0.15, -0.1) is 11.3 Å². The Morgan fingerprint density at radius 3 is 2.75 bits per heavy atom. The van der Waals surface area contributed by atoms with E-state index in [1.54, 1.807) is 20.8 Å². The number of hydrogen-bond donors (Lipinski definition) is 1. The molecule has 1 aromatic heterocycles. The van der Waals surface area contributed by atoms with Crippen LogP contribution in [-0.2, 0) is 16.1 Å². The van der Waals surface area contributed by atoms with Gasteiger partial charge in [-0.05, 0) is 32.9 Å². The third-order valence-corrected chi connectivity index (χ3v) is 3.35. The van der Waals surface area contributed by atoms with Crippen LogP contribution in [0.1, 0.15) is 25.6 Å². The van der Waals surface area contributed by atoms with Crippen molar-refractivity contribution in [3.63, 3.8) is 0 Å². The van der Waals surface area contributed by atoms with Crippen molar-refractivity contribution in [1.29, 1.82) is 0 Å². The minimum Gasteiger partial charge on any atom is -0.465 e. The second kappa shape index (κ2) is 5.66. The van der Waals surface area contributed by atoms with Gasteiger partial charge in [0.15, 0.2) is 0 Å². The first-order valence-electron chi connectivity index (χ1n) is 5.12. The summed E-state index contributed by atoms with van der Waals surface area (Å²) in [6, 6.07) is 3.79. The summed E-state index contributed by atoms with van der Waals surface area (Å²) < 4.78 is 5.73. The topological polar surface area (TPSA) is 38.3 Å². The van der Waals surface area contributed by atoms with Gasteiger partial charge in [-0.1, -0.05) is 11.6 Å². The Balaban J connectivity index is 2.50. The van der Waals surface area contributed by atoms with Crippen LogP contribution >= 0.6 is 22.9 Å². The third kappa shape index (κ3) is 3.77. The van der Waals surface area contributed by atoms with E-state index in [4.69, 9.17) is 16.3 Å². The molecule has 16 heavy (non-hydrogen) atoms. The van der Waals surface area contributed by atoms with E-state index in [0.29, 0.717) is 13.2 Å². The molecule has 0 aliphatic rings. The van der Waals surface area contributed by atoms with Crippen LogP contribution in [-0.4, -0.2) is 18.1 Å². The Labute approximate surface area is 105 Å². The van der Waals surface area contributed by atoms with Crippen LogP contribution in [0.3, 0.4) is 0 Å². The van der Waals surface area contributed by atoms with Crippen LogP contribution in [0.4, 0.5) is 0 Å². The number of ether oxygens (including phenoxy) is 1. The molecule has 90 valence electrons. The SMILES string of the molecule is CCOC(=O)C(C)(C)NCc1ccc(Cl)s1. The molecule has 1 N–H and O–H groups in total. The zero-order valence-corrected chi connectivity index (χ0v) is 11.2. The molecule has 0 unspecified atom stereocenters. The highest BCUT2D eigenvalue weighted by Gasteiger charge is 2.28. The molecule has 1 aromatic rings. The van der Waals surface area contributed by atoms with Crippen LogP contribution in [0.25, 0.3) is 0 Å². The van der Waals surface area contributed by atoms with Crippen molar-refractivity contribution >= 4 is 28.9 Å². The lowest BCUT2D eigenvalue weighted by Gasteiger charge is -2.23. The first-order valence-corrected chi connectivity index (χ1v) is 6.31. The van der Waals surface area contributed by atoms with E-state index in [2.05, 4.69) is 5.32 Å². The van der Waals surface area contributed by atoms with Crippen molar-refractivity contribution in [3.05, 3.63) is 21.3 Å². The fourth-order valence-electron chi connectivity index (χ4n) is 1.14. The number of halogens is 1. The quantitative estimate of drug-likeness (QED) is 0.829. The number of thiophene rings is 1. The van der Waals surface area contributed by atoms with Crippen molar-refractivity contribution in [2.45, 2.75) is 32.9 Å². The van der Waals surface area contributed by atoms with Gasteiger partial charge in [-0.25, -0.2) is 0 Å². The fraction of sp³-hybridized carbons (Fsp3) is 0.545. The molecular formula is C11H16ClNO2S. The van der Waals surface area contributed by atoms with E-state index >= 15 is 0 Å². The molecule has 3 nitrogen and oxygen atoms in total. The van der Waals surface area contributed by atoms with Gasteiger partial charge in [-0.3, -0.25) is 10.1 Å². The standard InChI is InChI=1S/C11H16ClNO2S/c1-4-15-10(14)11(2,3)13-7-8-5-6-9(12)16-8/h5-6,13H,4,7H2,1-3H3.